The summed E-state index contributed by atoms with van der Waals surface area (Å²) in [6, 6.07) is -0.921. The number of carbonyl (C=O) groups excluding carboxylic acids is 1. The molecule has 14 nitrogen and oxygen atoms in total. The first-order chi connectivity index (χ1) is 40.6. The molecule has 12 unspecified atom stereocenters. The Morgan fingerprint density at radius 3 is 1.28 bits per heavy atom. The van der Waals surface area contributed by atoms with Gasteiger partial charge in [0.2, 0.25) is 5.91 Å². The van der Waals surface area contributed by atoms with E-state index in [0.29, 0.717) is 6.42 Å². The first-order valence-corrected chi connectivity index (χ1v) is 33.7. The van der Waals surface area contributed by atoms with Gasteiger partial charge in [-0.05, 0) is 64.2 Å². The van der Waals surface area contributed by atoms with Crippen molar-refractivity contribution in [2.45, 2.75) is 338 Å². The maximum absolute atomic E-state index is 13.3. The minimum absolute atomic E-state index is 0.243. The molecule has 12 atom stereocenters. The Morgan fingerprint density at radius 2 is 0.831 bits per heavy atom. The lowest BCUT2D eigenvalue weighted by atomic mass is 9.97. The van der Waals surface area contributed by atoms with Gasteiger partial charge in [0.25, 0.3) is 0 Å². The van der Waals surface area contributed by atoms with E-state index in [0.717, 1.165) is 77.0 Å². The van der Waals surface area contributed by atoms with Crippen molar-refractivity contribution >= 4 is 5.91 Å². The van der Waals surface area contributed by atoms with Crippen molar-refractivity contribution in [2.75, 3.05) is 19.8 Å². The molecule has 0 bridgehead atoms. The summed E-state index contributed by atoms with van der Waals surface area (Å²) in [6.07, 6.45) is 55.1. The Kier molecular flexibility index (Phi) is 49.5. The number of aliphatic hydroxyl groups is 8. The zero-order valence-corrected chi connectivity index (χ0v) is 52.2. The van der Waals surface area contributed by atoms with Crippen LogP contribution in [-0.4, -0.2) is 140 Å². The zero-order valence-electron chi connectivity index (χ0n) is 52.2. The van der Waals surface area contributed by atoms with Gasteiger partial charge in [-0.3, -0.25) is 4.79 Å². The number of ether oxygens (including phenoxy) is 4. The predicted molar refractivity (Wildman–Crippen MR) is 337 cm³/mol. The predicted octanol–water partition coefficient (Wildman–Crippen LogP) is 13.1. The SMILES string of the molecule is CC/C=C\C/C=C\C/C=C\C/C=C\C/C=C\CCCCCCCCCCCCCC(=O)NC(COC1OC(CO)C(OC2OC(CO)C(O)C(O)C2O)C(O)C1O)C(O)/C=C/CCCCCCCCCCCCCCCCCCCCCC. The first kappa shape index (κ1) is 76.5. The molecule has 1 amide bonds. The number of allylic oxidation sites excluding steroid dienone is 11. The highest BCUT2D eigenvalue weighted by molar-refractivity contribution is 5.76. The molecule has 0 aromatic heterocycles. The monoisotopic (exact) mass is 1170 g/mol. The maximum Gasteiger partial charge on any atom is 0.220 e. The largest absolute Gasteiger partial charge is 0.394 e. The Bertz CT molecular complexity index is 1670. The molecule has 0 aromatic rings. The summed E-state index contributed by atoms with van der Waals surface area (Å²) in [4.78, 5) is 13.3. The number of amides is 1. The van der Waals surface area contributed by atoms with Gasteiger partial charge in [0, 0.05) is 6.42 Å². The molecule has 2 heterocycles. The van der Waals surface area contributed by atoms with Crippen LogP contribution in [0.3, 0.4) is 0 Å². The fourth-order valence-electron chi connectivity index (χ4n) is 10.8. The third-order valence-electron chi connectivity index (χ3n) is 16.1. The molecule has 2 saturated heterocycles. The first-order valence-electron chi connectivity index (χ1n) is 33.7. The molecular weight excluding hydrogens is 1050 g/mol. The van der Waals surface area contributed by atoms with Crippen molar-refractivity contribution in [1.29, 1.82) is 0 Å². The second-order valence-electron chi connectivity index (χ2n) is 23.6. The maximum atomic E-state index is 13.3. The van der Waals surface area contributed by atoms with Crippen molar-refractivity contribution in [2.24, 2.45) is 0 Å². The third kappa shape index (κ3) is 38.4. The fraction of sp³-hybridized carbons (Fsp3) is 0.812. The molecular formula is C69H123NO13. The molecule has 0 spiro atoms. The number of carbonyl (C=O) groups is 1. The highest BCUT2D eigenvalue weighted by Crippen LogP contribution is 2.30. The molecule has 9 N–H and O–H groups in total. The lowest BCUT2D eigenvalue weighted by Gasteiger charge is -2.46. The number of unbranched alkanes of at least 4 members (excludes halogenated alkanes) is 31. The molecule has 2 fully saturated rings. The number of rotatable bonds is 54. The van der Waals surface area contributed by atoms with Crippen molar-refractivity contribution in [3.63, 3.8) is 0 Å². The average Bonchev–Trinajstić information content (AvgIpc) is 3.65. The third-order valence-corrected chi connectivity index (χ3v) is 16.1. The number of aliphatic hydroxyl groups excluding tert-OH is 8. The summed E-state index contributed by atoms with van der Waals surface area (Å²) in [5.74, 6) is -0.243. The number of nitrogens with one attached hydrogen (secondary N) is 1. The van der Waals surface area contributed by atoms with E-state index in [4.69, 9.17) is 18.9 Å². The standard InChI is InChI=1S/C69H123NO13/c1-3-5-7-9-11-13-15-17-19-21-23-25-27-28-29-30-31-33-35-37-39-41-43-45-47-49-51-53-61(74)70-57(56-80-68-66(79)64(77)67(60(55-72)82-68)83-69-65(78)63(76)62(75)59(54-71)81-69)58(73)52-50-48-46-44-42-40-38-36-34-32-26-24-22-20-18-16-14-12-10-8-6-4-2/h5,7,11,13,17,19,23,25,28-29,50,52,57-60,62-69,71-73,75-79H,3-4,6,8-10,12,14-16,18,20-22,24,26-27,30-49,51,53-56H2,1-2H3,(H,70,74)/b7-5-,13-11-,19-17-,25-23-,29-28-,52-50+. The summed E-state index contributed by atoms with van der Waals surface area (Å²) in [5, 5.41) is 87.4. The van der Waals surface area contributed by atoms with Crippen LogP contribution in [0.4, 0.5) is 0 Å². The van der Waals surface area contributed by atoms with Gasteiger partial charge >= 0.3 is 0 Å². The van der Waals surface area contributed by atoms with Gasteiger partial charge < -0.3 is 65.1 Å². The number of hydrogen-bond acceptors (Lipinski definition) is 13. The summed E-state index contributed by atoms with van der Waals surface area (Å²) >= 11 is 0. The van der Waals surface area contributed by atoms with Crippen LogP contribution in [0.25, 0.3) is 0 Å². The highest BCUT2D eigenvalue weighted by Gasteiger charge is 2.51. The quantitative estimate of drug-likeness (QED) is 0.0204. The summed E-state index contributed by atoms with van der Waals surface area (Å²) < 4.78 is 22.8. The Balaban J connectivity index is 1.71. The van der Waals surface area contributed by atoms with E-state index < -0.39 is 86.8 Å². The number of hydrogen-bond donors (Lipinski definition) is 9. The van der Waals surface area contributed by atoms with E-state index in [1.807, 2.05) is 6.08 Å². The second kappa shape index (κ2) is 53.7. The summed E-state index contributed by atoms with van der Waals surface area (Å²) in [6.45, 7) is 2.71. The van der Waals surface area contributed by atoms with E-state index in [2.05, 4.69) is 79.9 Å². The van der Waals surface area contributed by atoms with Gasteiger partial charge in [0.15, 0.2) is 12.6 Å². The van der Waals surface area contributed by atoms with Gasteiger partial charge in [-0.1, -0.05) is 267 Å². The summed E-state index contributed by atoms with van der Waals surface area (Å²) in [5.41, 5.74) is 0. The van der Waals surface area contributed by atoms with Gasteiger partial charge in [-0.15, -0.1) is 0 Å². The van der Waals surface area contributed by atoms with Crippen LogP contribution in [0.5, 0.6) is 0 Å². The molecule has 0 aromatic carbocycles. The average molecular weight is 1170 g/mol. The van der Waals surface area contributed by atoms with Crippen LogP contribution >= 0.6 is 0 Å². The second-order valence-corrected chi connectivity index (χ2v) is 23.6. The minimum atomic E-state index is -1.79. The smallest absolute Gasteiger partial charge is 0.220 e. The van der Waals surface area contributed by atoms with Crippen LogP contribution in [0.15, 0.2) is 72.9 Å². The van der Waals surface area contributed by atoms with E-state index in [1.54, 1.807) is 6.08 Å². The van der Waals surface area contributed by atoms with Crippen molar-refractivity contribution in [1.82, 2.24) is 5.32 Å². The fourth-order valence-corrected chi connectivity index (χ4v) is 10.8. The van der Waals surface area contributed by atoms with Crippen molar-refractivity contribution in [3.05, 3.63) is 72.9 Å². The van der Waals surface area contributed by atoms with Crippen LogP contribution in [0.1, 0.15) is 264 Å². The molecule has 0 aliphatic carbocycles. The topological polar surface area (TPSA) is 228 Å². The molecule has 2 rings (SSSR count). The van der Waals surface area contributed by atoms with Gasteiger partial charge in [-0.25, -0.2) is 0 Å². The Morgan fingerprint density at radius 1 is 0.446 bits per heavy atom. The van der Waals surface area contributed by atoms with Crippen LogP contribution in [-0.2, 0) is 23.7 Å². The summed E-state index contributed by atoms with van der Waals surface area (Å²) in [7, 11) is 0. The molecule has 83 heavy (non-hydrogen) atoms. The normalized spacial score (nSPS) is 24.3. The molecule has 2 aliphatic heterocycles. The molecule has 482 valence electrons. The lowest BCUT2D eigenvalue weighted by Crippen LogP contribution is -2.65. The van der Waals surface area contributed by atoms with Gasteiger partial charge in [-0.2, -0.15) is 0 Å². The van der Waals surface area contributed by atoms with Gasteiger partial charge in [0.05, 0.1) is 32.0 Å². The van der Waals surface area contributed by atoms with Crippen LogP contribution < -0.4 is 5.32 Å². The Hall–Kier alpha value is -2.57. The molecule has 0 radical (unpaired) electrons. The molecule has 2 aliphatic rings. The van der Waals surface area contributed by atoms with E-state index in [9.17, 15) is 45.6 Å². The van der Waals surface area contributed by atoms with Crippen molar-refractivity contribution in [3.8, 4) is 0 Å². The van der Waals surface area contributed by atoms with E-state index in [1.165, 1.54) is 161 Å². The van der Waals surface area contributed by atoms with Crippen LogP contribution in [0.2, 0.25) is 0 Å². The van der Waals surface area contributed by atoms with Gasteiger partial charge in [0.1, 0.15) is 48.8 Å². The van der Waals surface area contributed by atoms with Crippen LogP contribution in [0, 0.1) is 0 Å². The van der Waals surface area contributed by atoms with E-state index in [-0.39, 0.29) is 18.9 Å². The zero-order chi connectivity index (χ0) is 60.2. The van der Waals surface area contributed by atoms with E-state index >= 15 is 0 Å². The lowest BCUT2D eigenvalue weighted by molar-refractivity contribution is -0.359. The highest BCUT2D eigenvalue weighted by atomic mass is 16.7. The molecule has 14 heteroatoms. The molecule has 0 saturated carbocycles. The minimum Gasteiger partial charge on any atom is -0.394 e. The van der Waals surface area contributed by atoms with Crippen molar-refractivity contribution < 1.29 is 64.6 Å². The Labute approximate surface area is 504 Å².